The molecule has 1 aliphatic rings. The van der Waals surface area contributed by atoms with E-state index < -0.39 is 29.2 Å². The van der Waals surface area contributed by atoms with E-state index in [9.17, 15) is 27.6 Å². The third kappa shape index (κ3) is 3.23. The molecule has 1 N–H and O–H groups in total. The number of carbonyl (C=O) groups is 3. The number of alkyl halides is 3. The standard InChI is InChI=1S/C13H11Cl2F3N2O3/c1-5(13(16,17)18)19-12(23)10(21)9-8(14)7(11(15)22)6-3-2-4-20(6)9/h5H,2-4H2,1H3,(H,19,23)/t5-/m1/s1. The molecule has 2 rings (SSSR count). The molecule has 2 heterocycles. The Bertz CT molecular complexity index is 698. The molecule has 1 atom stereocenters. The molecule has 0 unspecified atom stereocenters. The van der Waals surface area contributed by atoms with Crippen LogP contribution in [-0.2, 0) is 17.8 Å². The molecule has 0 spiro atoms. The van der Waals surface area contributed by atoms with Crippen molar-refractivity contribution in [3.05, 3.63) is 22.0 Å². The molecule has 10 heteroatoms. The number of amides is 1. The zero-order chi connectivity index (χ0) is 17.5. The fourth-order valence-electron chi connectivity index (χ4n) is 2.42. The van der Waals surface area contributed by atoms with E-state index >= 15 is 0 Å². The van der Waals surface area contributed by atoms with Crippen LogP contribution in [0, 0.1) is 0 Å². The quantitative estimate of drug-likeness (QED) is 0.503. The van der Waals surface area contributed by atoms with E-state index in [-0.39, 0.29) is 16.3 Å². The van der Waals surface area contributed by atoms with Crippen LogP contribution < -0.4 is 5.32 Å². The number of aromatic nitrogens is 1. The first-order valence-electron chi connectivity index (χ1n) is 6.58. The number of Topliss-reactive ketones (excluding diaryl/α,β-unsaturated/α-hetero) is 1. The van der Waals surface area contributed by atoms with Crippen molar-refractivity contribution in [2.45, 2.75) is 38.5 Å². The van der Waals surface area contributed by atoms with Crippen molar-refractivity contribution in [1.82, 2.24) is 9.88 Å². The second kappa shape index (κ2) is 6.16. The molecule has 1 amide bonds. The van der Waals surface area contributed by atoms with Crippen molar-refractivity contribution in [3.63, 3.8) is 0 Å². The number of ketones is 1. The van der Waals surface area contributed by atoms with Crippen LogP contribution in [0.25, 0.3) is 0 Å². The number of hydrogen-bond acceptors (Lipinski definition) is 3. The van der Waals surface area contributed by atoms with Crippen molar-refractivity contribution in [2.24, 2.45) is 0 Å². The molecule has 126 valence electrons. The van der Waals surface area contributed by atoms with Gasteiger partial charge in [-0.3, -0.25) is 14.4 Å². The molecular weight excluding hydrogens is 360 g/mol. The first kappa shape index (κ1) is 17.8. The Morgan fingerprint density at radius 2 is 1.91 bits per heavy atom. The number of halogens is 5. The third-order valence-corrected chi connectivity index (χ3v) is 4.12. The first-order valence-corrected chi connectivity index (χ1v) is 7.33. The van der Waals surface area contributed by atoms with Crippen LogP contribution in [-0.4, -0.2) is 33.7 Å². The van der Waals surface area contributed by atoms with Crippen LogP contribution in [0.15, 0.2) is 0 Å². The van der Waals surface area contributed by atoms with Crippen molar-refractivity contribution in [2.75, 3.05) is 0 Å². The van der Waals surface area contributed by atoms with Crippen molar-refractivity contribution >= 4 is 40.1 Å². The van der Waals surface area contributed by atoms with Gasteiger partial charge in [0.15, 0.2) is 0 Å². The Kier molecular flexibility index (Phi) is 4.77. The zero-order valence-corrected chi connectivity index (χ0v) is 13.3. The lowest BCUT2D eigenvalue weighted by atomic mass is 10.1. The summed E-state index contributed by atoms with van der Waals surface area (Å²) < 4.78 is 38.8. The second-order valence-electron chi connectivity index (χ2n) is 5.08. The molecule has 0 saturated carbocycles. The molecule has 1 aliphatic heterocycles. The van der Waals surface area contributed by atoms with Crippen molar-refractivity contribution in [1.29, 1.82) is 0 Å². The van der Waals surface area contributed by atoms with E-state index in [0.717, 1.165) is 0 Å². The molecule has 0 radical (unpaired) electrons. The van der Waals surface area contributed by atoms with Gasteiger partial charge in [0.25, 0.3) is 16.9 Å². The van der Waals surface area contributed by atoms with Gasteiger partial charge in [-0.25, -0.2) is 0 Å². The molecular formula is C13H11Cl2F3N2O3. The summed E-state index contributed by atoms with van der Waals surface area (Å²) in [7, 11) is 0. The van der Waals surface area contributed by atoms with Gasteiger partial charge in [-0.05, 0) is 31.4 Å². The summed E-state index contributed by atoms with van der Waals surface area (Å²) in [5.74, 6) is -2.68. The SMILES string of the molecule is C[C@@H](NC(=O)C(=O)c1c(Cl)c(C(=O)Cl)c2n1CCC2)C(F)(F)F. The maximum Gasteiger partial charge on any atom is 0.408 e. The summed E-state index contributed by atoms with van der Waals surface area (Å²) in [6, 6.07) is -2.19. The average Bonchev–Trinajstić information content (AvgIpc) is 2.95. The number of carbonyl (C=O) groups excluding carboxylic acids is 3. The Balaban J connectivity index is 2.36. The Morgan fingerprint density at radius 3 is 2.43 bits per heavy atom. The fourth-order valence-corrected chi connectivity index (χ4v) is 3.05. The second-order valence-corrected chi connectivity index (χ2v) is 5.80. The predicted molar refractivity (Wildman–Crippen MR) is 75.9 cm³/mol. The van der Waals surface area contributed by atoms with Gasteiger partial charge in [0, 0.05) is 12.2 Å². The van der Waals surface area contributed by atoms with Crippen LogP contribution in [0.4, 0.5) is 13.2 Å². The van der Waals surface area contributed by atoms with E-state index in [1.165, 1.54) is 4.57 Å². The molecule has 0 aromatic carbocycles. The molecule has 1 aromatic heterocycles. The molecule has 1 aromatic rings. The van der Waals surface area contributed by atoms with Gasteiger partial charge >= 0.3 is 6.18 Å². The maximum absolute atomic E-state index is 12.5. The highest BCUT2D eigenvalue weighted by atomic mass is 35.5. The lowest BCUT2D eigenvalue weighted by Gasteiger charge is -2.16. The van der Waals surface area contributed by atoms with Crippen molar-refractivity contribution < 1.29 is 27.6 Å². The predicted octanol–water partition coefficient (Wildman–Crippen LogP) is 2.72. The van der Waals surface area contributed by atoms with Crippen LogP contribution >= 0.6 is 23.2 Å². The minimum absolute atomic E-state index is 0.0779. The van der Waals surface area contributed by atoms with E-state index in [4.69, 9.17) is 23.2 Å². The molecule has 23 heavy (non-hydrogen) atoms. The minimum atomic E-state index is -4.68. The Morgan fingerprint density at radius 1 is 1.30 bits per heavy atom. The zero-order valence-electron chi connectivity index (χ0n) is 11.8. The van der Waals surface area contributed by atoms with E-state index in [0.29, 0.717) is 32.0 Å². The van der Waals surface area contributed by atoms with Gasteiger partial charge in [0.05, 0.1) is 10.6 Å². The number of hydrogen-bond donors (Lipinski definition) is 1. The summed E-state index contributed by atoms with van der Waals surface area (Å²) in [5.41, 5.74) is 0.0240. The summed E-state index contributed by atoms with van der Waals surface area (Å²) in [5, 5.41) is 0.380. The van der Waals surface area contributed by atoms with E-state index in [2.05, 4.69) is 0 Å². The Labute approximate surface area is 138 Å². The minimum Gasteiger partial charge on any atom is -0.340 e. The fraction of sp³-hybridized carbons (Fsp3) is 0.462. The molecule has 5 nitrogen and oxygen atoms in total. The molecule has 0 fully saturated rings. The van der Waals surface area contributed by atoms with Crippen LogP contribution in [0.1, 0.15) is 39.9 Å². The number of nitrogens with zero attached hydrogens (tertiary/aromatic N) is 1. The molecule has 0 bridgehead atoms. The highest BCUT2D eigenvalue weighted by Gasteiger charge is 2.40. The number of nitrogens with one attached hydrogen (secondary N) is 1. The molecule has 0 saturated heterocycles. The number of fused-ring (bicyclic) bond motifs is 1. The summed E-state index contributed by atoms with van der Waals surface area (Å²) in [6.45, 7) is 1.03. The smallest absolute Gasteiger partial charge is 0.340 e. The number of rotatable bonds is 4. The van der Waals surface area contributed by atoms with Gasteiger partial charge in [-0.2, -0.15) is 13.2 Å². The van der Waals surface area contributed by atoms with Gasteiger partial charge in [0.1, 0.15) is 11.7 Å². The topological polar surface area (TPSA) is 68.2 Å². The average molecular weight is 371 g/mol. The largest absolute Gasteiger partial charge is 0.408 e. The normalized spacial score (nSPS) is 15.2. The van der Waals surface area contributed by atoms with Gasteiger partial charge in [-0.1, -0.05) is 11.6 Å². The van der Waals surface area contributed by atoms with E-state index in [1.54, 1.807) is 5.32 Å². The molecule has 0 aliphatic carbocycles. The van der Waals surface area contributed by atoms with Crippen LogP contribution in [0.3, 0.4) is 0 Å². The summed E-state index contributed by atoms with van der Waals surface area (Å²) >= 11 is 11.4. The lowest BCUT2D eigenvalue weighted by molar-refractivity contribution is -0.156. The van der Waals surface area contributed by atoms with Crippen LogP contribution in [0.2, 0.25) is 5.02 Å². The first-order chi connectivity index (χ1) is 10.6. The Hall–Kier alpha value is -1.54. The van der Waals surface area contributed by atoms with Gasteiger partial charge in [0.2, 0.25) is 0 Å². The monoisotopic (exact) mass is 370 g/mol. The van der Waals surface area contributed by atoms with E-state index in [1.807, 2.05) is 0 Å². The lowest BCUT2D eigenvalue weighted by Crippen LogP contribution is -2.46. The maximum atomic E-state index is 12.5. The summed E-state index contributed by atoms with van der Waals surface area (Å²) in [6.07, 6.45) is -3.65. The van der Waals surface area contributed by atoms with Crippen molar-refractivity contribution in [3.8, 4) is 0 Å². The summed E-state index contributed by atoms with van der Waals surface area (Å²) in [4.78, 5) is 35.4. The highest BCUT2D eigenvalue weighted by Crippen LogP contribution is 2.34. The third-order valence-electron chi connectivity index (χ3n) is 3.56. The highest BCUT2D eigenvalue weighted by molar-refractivity contribution is 6.69. The van der Waals surface area contributed by atoms with Crippen LogP contribution in [0.5, 0.6) is 0 Å². The van der Waals surface area contributed by atoms with Gasteiger partial charge in [-0.15, -0.1) is 0 Å². The van der Waals surface area contributed by atoms with Gasteiger partial charge < -0.3 is 9.88 Å².